The fraction of sp³-hybridized carbons (Fsp3) is 0.786. The highest BCUT2D eigenvalue weighted by Crippen LogP contribution is 2.43. The third-order valence-electron chi connectivity index (χ3n) is 4.42. The fourth-order valence-corrected chi connectivity index (χ4v) is 3.33. The SMILES string of the molecule is CC(N)c1cnn(CC2CCC3(CCCC3)O2)c1. The minimum absolute atomic E-state index is 0.0596. The third-order valence-corrected chi connectivity index (χ3v) is 4.42. The molecule has 0 bridgehead atoms. The second-order valence-electron chi connectivity index (χ2n) is 5.95. The first-order chi connectivity index (χ1) is 8.67. The highest BCUT2D eigenvalue weighted by molar-refractivity contribution is 5.08. The molecule has 1 aromatic rings. The van der Waals surface area contributed by atoms with E-state index in [4.69, 9.17) is 10.5 Å². The fourth-order valence-electron chi connectivity index (χ4n) is 3.33. The third kappa shape index (κ3) is 2.31. The number of rotatable bonds is 3. The Kier molecular flexibility index (Phi) is 3.16. The Morgan fingerprint density at radius 2 is 2.28 bits per heavy atom. The van der Waals surface area contributed by atoms with Crippen LogP contribution in [0.1, 0.15) is 57.1 Å². The van der Waals surface area contributed by atoms with Crippen molar-refractivity contribution in [1.82, 2.24) is 9.78 Å². The van der Waals surface area contributed by atoms with Gasteiger partial charge >= 0.3 is 0 Å². The van der Waals surface area contributed by atoms with E-state index in [2.05, 4.69) is 5.10 Å². The number of nitrogens with zero attached hydrogens (tertiary/aromatic N) is 2. The Morgan fingerprint density at radius 1 is 1.50 bits per heavy atom. The van der Waals surface area contributed by atoms with Gasteiger partial charge in [-0.1, -0.05) is 12.8 Å². The van der Waals surface area contributed by atoms with Crippen molar-refractivity contribution >= 4 is 0 Å². The standard InChI is InChI=1S/C14H23N3O/c1-11(15)12-8-16-17(9-12)10-13-4-7-14(18-13)5-2-3-6-14/h8-9,11,13H,2-7,10,15H2,1H3. The summed E-state index contributed by atoms with van der Waals surface area (Å²) in [7, 11) is 0. The Bertz CT molecular complexity index is 407. The average molecular weight is 249 g/mol. The highest BCUT2D eigenvalue weighted by Gasteiger charge is 2.42. The van der Waals surface area contributed by atoms with Gasteiger partial charge in [-0.3, -0.25) is 4.68 Å². The van der Waals surface area contributed by atoms with Crippen molar-refractivity contribution in [3.8, 4) is 0 Å². The maximum atomic E-state index is 6.29. The summed E-state index contributed by atoms with van der Waals surface area (Å²) in [5.74, 6) is 0. The van der Waals surface area contributed by atoms with Gasteiger partial charge in [-0.25, -0.2) is 0 Å². The molecule has 1 aromatic heterocycles. The van der Waals surface area contributed by atoms with E-state index in [1.54, 1.807) is 0 Å². The van der Waals surface area contributed by atoms with Crippen LogP contribution in [0.5, 0.6) is 0 Å². The van der Waals surface area contributed by atoms with Crippen LogP contribution in [0.25, 0.3) is 0 Å². The molecule has 4 heteroatoms. The van der Waals surface area contributed by atoms with Crippen molar-refractivity contribution in [2.24, 2.45) is 5.73 Å². The minimum atomic E-state index is 0.0596. The summed E-state index contributed by atoms with van der Waals surface area (Å²) in [4.78, 5) is 0. The zero-order chi connectivity index (χ0) is 12.6. The number of aromatic nitrogens is 2. The lowest BCUT2D eigenvalue weighted by atomic mass is 9.98. The zero-order valence-corrected chi connectivity index (χ0v) is 11.1. The van der Waals surface area contributed by atoms with Gasteiger partial charge in [0.2, 0.25) is 0 Å². The molecule has 0 radical (unpaired) electrons. The summed E-state index contributed by atoms with van der Waals surface area (Å²) in [5, 5.41) is 4.37. The van der Waals surface area contributed by atoms with E-state index in [9.17, 15) is 0 Å². The van der Waals surface area contributed by atoms with Crippen LogP contribution in [-0.2, 0) is 11.3 Å². The summed E-state index contributed by atoms with van der Waals surface area (Å²) >= 11 is 0. The largest absolute Gasteiger partial charge is 0.370 e. The molecule has 1 aliphatic carbocycles. The van der Waals surface area contributed by atoms with Gasteiger partial charge in [-0.2, -0.15) is 5.10 Å². The Labute approximate surface area is 108 Å². The Morgan fingerprint density at radius 3 is 2.94 bits per heavy atom. The maximum absolute atomic E-state index is 6.29. The number of hydrogen-bond donors (Lipinski definition) is 1. The Hall–Kier alpha value is -0.870. The predicted octanol–water partition coefficient (Wildman–Crippen LogP) is 2.39. The van der Waals surface area contributed by atoms with E-state index in [0.717, 1.165) is 12.1 Å². The summed E-state index contributed by atoms with van der Waals surface area (Å²) in [6.07, 6.45) is 11.8. The molecule has 2 fully saturated rings. The molecule has 2 atom stereocenters. The summed E-state index contributed by atoms with van der Waals surface area (Å²) in [6, 6.07) is 0.0596. The van der Waals surface area contributed by atoms with Crippen LogP contribution in [0.15, 0.2) is 12.4 Å². The molecular formula is C14H23N3O. The number of hydrogen-bond acceptors (Lipinski definition) is 3. The molecule has 1 saturated carbocycles. The topological polar surface area (TPSA) is 53.1 Å². The van der Waals surface area contributed by atoms with E-state index in [1.807, 2.05) is 24.0 Å². The van der Waals surface area contributed by atoms with Crippen molar-refractivity contribution < 1.29 is 4.74 Å². The lowest BCUT2D eigenvalue weighted by molar-refractivity contribution is -0.0429. The van der Waals surface area contributed by atoms with Crippen molar-refractivity contribution in [2.75, 3.05) is 0 Å². The molecule has 100 valence electrons. The van der Waals surface area contributed by atoms with Crippen LogP contribution in [0.4, 0.5) is 0 Å². The average Bonchev–Trinajstić information content (AvgIpc) is 3.03. The first-order valence-corrected chi connectivity index (χ1v) is 7.13. The van der Waals surface area contributed by atoms with Crippen molar-refractivity contribution in [2.45, 2.75) is 69.7 Å². The van der Waals surface area contributed by atoms with Gasteiger partial charge in [0, 0.05) is 17.8 Å². The van der Waals surface area contributed by atoms with Crippen LogP contribution < -0.4 is 5.73 Å². The first kappa shape index (κ1) is 12.2. The van der Waals surface area contributed by atoms with Crippen molar-refractivity contribution in [1.29, 1.82) is 0 Å². The molecule has 4 nitrogen and oxygen atoms in total. The molecule has 18 heavy (non-hydrogen) atoms. The second-order valence-corrected chi connectivity index (χ2v) is 5.95. The first-order valence-electron chi connectivity index (χ1n) is 7.13. The number of nitrogens with two attached hydrogens (primary N) is 1. The van der Waals surface area contributed by atoms with Crippen molar-refractivity contribution in [3.05, 3.63) is 18.0 Å². The molecule has 1 aliphatic heterocycles. The molecule has 0 aromatic carbocycles. The van der Waals surface area contributed by atoms with Gasteiger partial charge in [0.1, 0.15) is 0 Å². The molecule has 1 saturated heterocycles. The Balaban J connectivity index is 1.60. The monoisotopic (exact) mass is 249 g/mol. The molecule has 2 unspecified atom stereocenters. The van der Waals surface area contributed by atoms with E-state index in [-0.39, 0.29) is 11.6 Å². The molecule has 2 N–H and O–H groups in total. The molecule has 2 heterocycles. The van der Waals surface area contributed by atoms with Gasteiger partial charge in [0.15, 0.2) is 0 Å². The minimum Gasteiger partial charge on any atom is -0.370 e. The van der Waals surface area contributed by atoms with Crippen LogP contribution in [0.2, 0.25) is 0 Å². The van der Waals surface area contributed by atoms with Crippen molar-refractivity contribution in [3.63, 3.8) is 0 Å². The molecule has 1 spiro atoms. The van der Waals surface area contributed by atoms with E-state index >= 15 is 0 Å². The van der Waals surface area contributed by atoms with Gasteiger partial charge < -0.3 is 10.5 Å². The smallest absolute Gasteiger partial charge is 0.0779 e. The van der Waals surface area contributed by atoms with Gasteiger partial charge in [-0.15, -0.1) is 0 Å². The predicted molar refractivity (Wildman–Crippen MR) is 70.1 cm³/mol. The van der Waals surface area contributed by atoms with E-state index in [0.29, 0.717) is 6.10 Å². The quantitative estimate of drug-likeness (QED) is 0.895. The van der Waals surface area contributed by atoms with Crippen LogP contribution in [-0.4, -0.2) is 21.5 Å². The molecular weight excluding hydrogens is 226 g/mol. The summed E-state index contributed by atoms with van der Waals surface area (Å²) in [6.45, 7) is 2.86. The maximum Gasteiger partial charge on any atom is 0.0779 e. The molecule has 0 amide bonds. The van der Waals surface area contributed by atoms with Gasteiger partial charge in [0.05, 0.1) is 24.4 Å². The summed E-state index contributed by atoms with van der Waals surface area (Å²) < 4.78 is 8.27. The van der Waals surface area contributed by atoms with E-state index < -0.39 is 0 Å². The van der Waals surface area contributed by atoms with Crippen LogP contribution in [0, 0.1) is 0 Å². The number of ether oxygens (including phenoxy) is 1. The van der Waals surface area contributed by atoms with Crippen LogP contribution >= 0.6 is 0 Å². The normalized spacial score (nSPS) is 28.0. The molecule has 2 aliphatic rings. The van der Waals surface area contributed by atoms with Gasteiger partial charge in [-0.05, 0) is 32.6 Å². The zero-order valence-electron chi connectivity index (χ0n) is 11.1. The summed E-state index contributed by atoms with van der Waals surface area (Å²) in [5.41, 5.74) is 7.17. The van der Waals surface area contributed by atoms with Crippen LogP contribution in [0.3, 0.4) is 0 Å². The second kappa shape index (κ2) is 4.67. The van der Waals surface area contributed by atoms with Gasteiger partial charge in [0.25, 0.3) is 0 Å². The highest BCUT2D eigenvalue weighted by atomic mass is 16.5. The lowest BCUT2D eigenvalue weighted by Gasteiger charge is -2.23. The molecule has 3 rings (SSSR count). The lowest BCUT2D eigenvalue weighted by Crippen LogP contribution is -2.26. The van der Waals surface area contributed by atoms with E-state index in [1.165, 1.54) is 38.5 Å².